The SMILES string of the molecule is COc1ccc(CN(c2ncc(Cl)c(-c3ccc4c(c3)C(=O)N(CC=O)C4)n2)C2CCOCC2)c(OC)c1. The van der Waals surface area contributed by atoms with Gasteiger partial charge in [-0.15, -0.1) is 0 Å². The first kappa shape index (κ1) is 25.9. The lowest BCUT2D eigenvalue weighted by atomic mass is 10.0. The highest BCUT2D eigenvalue weighted by Crippen LogP contribution is 2.34. The second-order valence-corrected chi connectivity index (χ2v) is 9.65. The maximum Gasteiger partial charge on any atom is 0.254 e. The van der Waals surface area contributed by atoms with Gasteiger partial charge in [-0.2, -0.15) is 0 Å². The van der Waals surface area contributed by atoms with E-state index in [9.17, 15) is 9.59 Å². The Hall–Kier alpha value is -3.69. The van der Waals surface area contributed by atoms with Crippen LogP contribution in [0.4, 0.5) is 5.95 Å². The molecule has 0 spiro atoms. The Morgan fingerprint density at radius 3 is 2.71 bits per heavy atom. The Labute approximate surface area is 226 Å². The zero-order valence-corrected chi connectivity index (χ0v) is 22.1. The van der Waals surface area contributed by atoms with E-state index in [1.54, 1.807) is 26.5 Å². The van der Waals surface area contributed by atoms with Crippen LogP contribution in [0.1, 0.15) is 34.3 Å². The van der Waals surface area contributed by atoms with E-state index in [0.717, 1.165) is 30.3 Å². The number of aldehydes is 1. The summed E-state index contributed by atoms with van der Waals surface area (Å²) in [5, 5.41) is 0.387. The van der Waals surface area contributed by atoms with Gasteiger partial charge < -0.3 is 28.8 Å². The third-order valence-corrected chi connectivity index (χ3v) is 7.29. The van der Waals surface area contributed by atoms with Gasteiger partial charge in [-0.25, -0.2) is 9.97 Å². The summed E-state index contributed by atoms with van der Waals surface area (Å²) in [6.45, 7) is 2.31. The van der Waals surface area contributed by atoms with Crippen molar-refractivity contribution < 1.29 is 23.8 Å². The molecule has 2 aliphatic rings. The van der Waals surface area contributed by atoms with Gasteiger partial charge in [0, 0.05) is 55.1 Å². The van der Waals surface area contributed by atoms with E-state index < -0.39 is 0 Å². The van der Waals surface area contributed by atoms with Crippen LogP contribution in [0.2, 0.25) is 5.02 Å². The lowest BCUT2D eigenvalue weighted by Crippen LogP contribution is -2.40. The Bertz CT molecular complexity index is 1340. The van der Waals surface area contributed by atoms with E-state index in [-0.39, 0.29) is 18.5 Å². The Balaban J connectivity index is 1.51. The summed E-state index contributed by atoms with van der Waals surface area (Å²) in [5.74, 6) is 1.79. The van der Waals surface area contributed by atoms with Gasteiger partial charge in [-0.3, -0.25) is 4.79 Å². The monoisotopic (exact) mass is 536 g/mol. The Morgan fingerprint density at radius 1 is 1.16 bits per heavy atom. The van der Waals surface area contributed by atoms with Crippen molar-refractivity contribution in [1.82, 2.24) is 14.9 Å². The van der Waals surface area contributed by atoms with E-state index in [1.165, 1.54) is 4.90 Å². The van der Waals surface area contributed by atoms with Crippen LogP contribution in [-0.4, -0.2) is 67.1 Å². The molecule has 1 fully saturated rings. The van der Waals surface area contributed by atoms with E-state index >= 15 is 0 Å². The average Bonchev–Trinajstić information content (AvgIpc) is 3.27. The molecular weight excluding hydrogens is 508 g/mol. The summed E-state index contributed by atoms with van der Waals surface area (Å²) < 4.78 is 16.6. The van der Waals surface area contributed by atoms with E-state index in [0.29, 0.717) is 65.6 Å². The van der Waals surface area contributed by atoms with Gasteiger partial charge in [-0.05, 0) is 36.6 Å². The highest BCUT2D eigenvalue weighted by atomic mass is 35.5. The minimum atomic E-state index is -0.171. The van der Waals surface area contributed by atoms with E-state index in [2.05, 4.69) is 9.88 Å². The smallest absolute Gasteiger partial charge is 0.254 e. The number of aromatic nitrogens is 2. The number of methoxy groups -OCH3 is 2. The summed E-state index contributed by atoms with van der Waals surface area (Å²) in [4.78, 5) is 37.0. The molecule has 0 unspecified atom stereocenters. The minimum absolute atomic E-state index is 0.0656. The van der Waals surface area contributed by atoms with Crippen LogP contribution in [0.15, 0.2) is 42.6 Å². The molecule has 10 heteroatoms. The number of halogens is 1. The van der Waals surface area contributed by atoms with Gasteiger partial charge in [0.1, 0.15) is 17.8 Å². The van der Waals surface area contributed by atoms with E-state index in [4.69, 9.17) is 30.8 Å². The number of ether oxygens (including phenoxy) is 3. The second-order valence-electron chi connectivity index (χ2n) is 9.24. The lowest BCUT2D eigenvalue weighted by molar-refractivity contribution is -0.108. The maximum absolute atomic E-state index is 12.8. The van der Waals surface area contributed by atoms with Crippen molar-refractivity contribution >= 4 is 29.7 Å². The maximum atomic E-state index is 12.8. The molecule has 2 aromatic carbocycles. The fourth-order valence-electron chi connectivity index (χ4n) is 4.97. The van der Waals surface area contributed by atoms with Crippen LogP contribution >= 0.6 is 11.6 Å². The zero-order valence-electron chi connectivity index (χ0n) is 21.4. The summed E-state index contributed by atoms with van der Waals surface area (Å²) in [5.41, 5.74) is 3.66. The van der Waals surface area contributed by atoms with Gasteiger partial charge in [-0.1, -0.05) is 23.7 Å². The minimum Gasteiger partial charge on any atom is -0.497 e. The molecule has 0 radical (unpaired) electrons. The van der Waals surface area contributed by atoms with Crippen LogP contribution in [0.5, 0.6) is 11.5 Å². The number of amides is 1. The number of hydrogen-bond donors (Lipinski definition) is 0. The molecule has 0 bridgehead atoms. The summed E-state index contributed by atoms with van der Waals surface area (Å²) in [6.07, 6.45) is 4.00. The van der Waals surface area contributed by atoms with Gasteiger partial charge in [0.2, 0.25) is 5.95 Å². The van der Waals surface area contributed by atoms with Crippen LogP contribution in [-0.2, 0) is 22.6 Å². The van der Waals surface area contributed by atoms with E-state index in [1.807, 2.05) is 30.3 Å². The first-order valence-electron chi connectivity index (χ1n) is 12.5. The van der Waals surface area contributed by atoms with Crippen molar-refractivity contribution in [3.63, 3.8) is 0 Å². The normalized spacial score (nSPS) is 15.3. The number of benzene rings is 2. The molecule has 3 aromatic rings. The van der Waals surface area contributed by atoms with Crippen LogP contribution in [0.25, 0.3) is 11.3 Å². The third-order valence-electron chi connectivity index (χ3n) is 7.01. The van der Waals surface area contributed by atoms with Gasteiger partial charge >= 0.3 is 0 Å². The molecule has 5 rings (SSSR count). The number of nitrogens with zero attached hydrogens (tertiary/aromatic N) is 4. The first-order valence-corrected chi connectivity index (χ1v) is 12.8. The van der Waals surface area contributed by atoms with Crippen LogP contribution < -0.4 is 14.4 Å². The van der Waals surface area contributed by atoms with Crippen molar-refractivity contribution in [1.29, 1.82) is 0 Å². The largest absolute Gasteiger partial charge is 0.497 e. The van der Waals surface area contributed by atoms with Gasteiger partial charge in [0.25, 0.3) is 5.91 Å². The quantitative estimate of drug-likeness (QED) is 0.376. The molecule has 9 nitrogen and oxygen atoms in total. The topological polar surface area (TPSA) is 94.1 Å². The number of carbonyl (C=O) groups is 2. The molecular formula is C28H29ClN4O5. The summed E-state index contributed by atoms with van der Waals surface area (Å²) in [6, 6.07) is 11.5. The van der Waals surface area contributed by atoms with Crippen molar-refractivity contribution in [3.8, 4) is 22.8 Å². The van der Waals surface area contributed by atoms with Crippen LogP contribution in [0.3, 0.4) is 0 Å². The predicted octanol–water partition coefficient (Wildman–Crippen LogP) is 4.15. The Morgan fingerprint density at radius 2 is 1.97 bits per heavy atom. The third kappa shape index (κ3) is 5.16. The standard InChI is InChI=1S/C28H29ClN4O5/c1-36-22-6-5-20(25(14-22)37-2)17-33(21-7-11-38-12-8-21)28-30-15-24(29)26(31-28)18-3-4-19-16-32(9-10-34)27(35)23(19)13-18/h3-6,10,13-15,21H,7-9,11-12,16-17H2,1-2H3. The number of rotatable bonds is 9. The number of hydrogen-bond acceptors (Lipinski definition) is 8. The molecule has 1 saturated heterocycles. The van der Waals surface area contributed by atoms with Crippen molar-refractivity contribution in [2.45, 2.75) is 32.0 Å². The second kappa shape index (κ2) is 11.4. The molecule has 0 saturated carbocycles. The fraction of sp³-hybridized carbons (Fsp3) is 0.357. The average molecular weight is 537 g/mol. The Kier molecular flexibility index (Phi) is 7.76. The first-order chi connectivity index (χ1) is 18.5. The molecule has 3 heterocycles. The van der Waals surface area contributed by atoms with Crippen LogP contribution in [0, 0.1) is 0 Å². The molecule has 1 amide bonds. The molecule has 2 aliphatic heterocycles. The highest BCUT2D eigenvalue weighted by molar-refractivity contribution is 6.33. The molecule has 0 N–H and O–H groups in total. The van der Waals surface area contributed by atoms with Gasteiger partial charge in [0.05, 0.1) is 37.7 Å². The number of anilines is 1. The predicted molar refractivity (Wildman–Crippen MR) is 143 cm³/mol. The number of carbonyl (C=O) groups excluding carboxylic acids is 2. The number of fused-ring (bicyclic) bond motifs is 1. The zero-order chi connectivity index (χ0) is 26.6. The van der Waals surface area contributed by atoms with Crippen molar-refractivity contribution in [2.24, 2.45) is 0 Å². The lowest BCUT2D eigenvalue weighted by Gasteiger charge is -2.35. The molecule has 0 atom stereocenters. The fourth-order valence-corrected chi connectivity index (χ4v) is 5.17. The molecule has 1 aromatic heterocycles. The highest BCUT2D eigenvalue weighted by Gasteiger charge is 2.29. The molecule has 0 aliphatic carbocycles. The summed E-state index contributed by atoms with van der Waals surface area (Å²) in [7, 11) is 3.26. The van der Waals surface area contributed by atoms with Crippen molar-refractivity contribution in [3.05, 3.63) is 64.3 Å². The molecule has 198 valence electrons. The summed E-state index contributed by atoms with van der Waals surface area (Å²) >= 11 is 6.59. The van der Waals surface area contributed by atoms with Gasteiger partial charge in [0.15, 0.2) is 0 Å². The van der Waals surface area contributed by atoms with Crippen molar-refractivity contribution in [2.75, 3.05) is 38.9 Å². The molecule has 38 heavy (non-hydrogen) atoms.